The summed E-state index contributed by atoms with van der Waals surface area (Å²) in [6, 6.07) is 17.0. The van der Waals surface area contributed by atoms with Crippen LogP contribution < -0.4 is 10.6 Å². The summed E-state index contributed by atoms with van der Waals surface area (Å²) in [6.45, 7) is 0.541. The highest BCUT2D eigenvalue weighted by Gasteiger charge is 2.12. The zero-order valence-corrected chi connectivity index (χ0v) is 17.4. The van der Waals surface area contributed by atoms with Gasteiger partial charge in [0.15, 0.2) is 10.4 Å². The maximum absolute atomic E-state index is 12.3. The van der Waals surface area contributed by atoms with Crippen molar-refractivity contribution in [1.82, 2.24) is 5.32 Å². The molecule has 1 heterocycles. The first kappa shape index (κ1) is 19.5. The SMILES string of the molecule is O=C(Cc1ccc(NC(=O)c2ccc(Br)o2)cc1)NCc1ccc2c(c1)CCC2. The van der Waals surface area contributed by atoms with Gasteiger partial charge in [0.1, 0.15) is 0 Å². The molecule has 3 aromatic rings. The summed E-state index contributed by atoms with van der Waals surface area (Å²) in [6.07, 6.45) is 3.82. The standard InChI is InChI=1S/C23H21BrN2O3/c24-21-11-10-20(29-21)23(28)26-19-8-5-15(6-9-19)13-22(27)25-14-16-4-7-17-2-1-3-18(17)12-16/h4-12H,1-3,13-14H2,(H,25,27)(H,26,28). The van der Waals surface area contributed by atoms with Gasteiger partial charge in [-0.2, -0.15) is 0 Å². The second kappa shape index (κ2) is 8.66. The third-order valence-electron chi connectivity index (χ3n) is 5.03. The Morgan fingerprint density at radius 1 is 0.931 bits per heavy atom. The number of carbonyl (C=O) groups is 2. The fourth-order valence-electron chi connectivity index (χ4n) is 3.52. The lowest BCUT2D eigenvalue weighted by Gasteiger charge is -2.08. The van der Waals surface area contributed by atoms with Crippen molar-refractivity contribution in [1.29, 1.82) is 0 Å². The van der Waals surface area contributed by atoms with Crippen molar-refractivity contribution in [3.05, 3.63) is 87.3 Å². The average molecular weight is 453 g/mol. The van der Waals surface area contributed by atoms with E-state index in [1.54, 1.807) is 24.3 Å². The summed E-state index contributed by atoms with van der Waals surface area (Å²) in [7, 11) is 0. The molecule has 4 rings (SSSR count). The number of benzene rings is 2. The lowest BCUT2D eigenvalue weighted by atomic mass is 10.1. The molecule has 0 fully saturated rings. The largest absolute Gasteiger partial charge is 0.444 e. The van der Waals surface area contributed by atoms with Crippen molar-refractivity contribution in [2.24, 2.45) is 0 Å². The molecule has 0 saturated heterocycles. The van der Waals surface area contributed by atoms with Crippen LogP contribution in [-0.2, 0) is 30.6 Å². The summed E-state index contributed by atoms with van der Waals surface area (Å²) < 4.78 is 5.74. The normalized spacial score (nSPS) is 12.4. The number of amides is 2. The molecule has 6 heteroatoms. The van der Waals surface area contributed by atoms with Gasteiger partial charge >= 0.3 is 0 Å². The second-order valence-corrected chi connectivity index (χ2v) is 7.95. The van der Waals surface area contributed by atoms with Gasteiger partial charge < -0.3 is 15.1 Å². The van der Waals surface area contributed by atoms with Crippen LogP contribution in [-0.4, -0.2) is 11.8 Å². The van der Waals surface area contributed by atoms with Gasteiger partial charge in [0, 0.05) is 12.2 Å². The Bertz CT molecular complexity index is 1040. The number of hydrogen-bond acceptors (Lipinski definition) is 3. The Labute approximate surface area is 177 Å². The highest BCUT2D eigenvalue weighted by Crippen LogP contribution is 2.22. The summed E-state index contributed by atoms with van der Waals surface area (Å²) in [4.78, 5) is 24.4. The zero-order chi connectivity index (χ0) is 20.2. The Morgan fingerprint density at radius 2 is 1.69 bits per heavy atom. The van der Waals surface area contributed by atoms with E-state index in [0.717, 1.165) is 24.0 Å². The van der Waals surface area contributed by atoms with Crippen LogP contribution in [0, 0.1) is 0 Å². The number of rotatable bonds is 6. The fraction of sp³-hybridized carbons (Fsp3) is 0.217. The number of fused-ring (bicyclic) bond motifs is 1. The molecular weight excluding hydrogens is 432 g/mol. The minimum atomic E-state index is -0.324. The van der Waals surface area contributed by atoms with E-state index in [0.29, 0.717) is 23.3 Å². The van der Waals surface area contributed by atoms with E-state index in [4.69, 9.17) is 4.42 Å². The first-order valence-electron chi connectivity index (χ1n) is 9.60. The topological polar surface area (TPSA) is 71.3 Å². The monoisotopic (exact) mass is 452 g/mol. The van der Waals surface area contributed by atoms with Crippen LogP contribution >= 0.6 is 15.9 Å². The van der Waals surface area contributed by atoms with E-state index in [-0.39, 0.29) is 17.6 Å². The van der Waals surface area contributed by atoms with Gasteiger partial charge in [-0.1, -0.05) is 30.3 Å². The fourth-order valence-corrected chi connectivity index (χ4v) is 3.83. The van der Waals surface area contributed by atoms with Crippen molar-refractivity contribution in [2.45, 2.75) is 32.2 Å². The zero-order valence-electron chi connectivity index (χ0n) is 15.8. The molecule has 0 saturated carbocycles. The van der Waals surface area contributed by atoms with Crippen molar-refractivity contribution in [3.8, 4) is 0 Å². The van der Waals surface area contributed by atoms with Gasteiger partial charge in [-0.05, 0) is 81.7 Å². The molecule has 1 aliphatic carbocycles. The molecule has 2 aromatic carbocycles. The van der Waals surface area contributed by atoms with E-state index in [1.165, 1.54) is 17.5 Å². The van der Waals surface area contributed by atoms with E-state index in [2.05, 4.69) is 44.8 Å². The Balaban J connectivity index is 1.28. The maximum Gasteiger partial charge on any atom is 0.291 e. The molecule has 5 nitrogen and oxygen atoms in total. The van der Waals surface area contributed by atoms with Crippen LogP contribution in [0.4, 0.5) is 5.69 Å². The molecule has 148 valence electrons. The Hall–Kier alpha value is -2.86. The third kappa shape index (κ3) is 4.95. The molecule has 0 spiro atoms. The summed E-state index contributed by atoms with van der Waals surface area (Å²) in [5.74, 6) is -0.120. The average Bonchev–Trinajstić information content (AvgIpc) is 3.36. The summed E-state index contributed by atoms with van der Waals surface area (Å²) in [5.41, 5.74) is 5.52. The molecule has 1 aromatic heterocycles. The molecule has 2 N–H and O–H groups in total. The van der Waals surface area contributed by atoms with Crippen LogP contribution in [0.5, 0.6) is 0 Å². The first-order chi connectivity index (χ1) is 14.1. The van der Waals surface area contributed by atoms with Gasteiger partial charge in [0.05, 0.1) is 6.42 Å². The lowest BCUT2D eigenvalue weighted by Crippen LogP contribution is -2.24. The minimum Gasteiger partial charge on any atom is -0.444 e. The molecular formula is C23H21BrN2O3. The summed E-state index contributed by atoms with van der Waals surface area (Å²) >= 11 is 3.17. The van der Waals surface area contributed by atoms with E-state index < -0.39 is 0 Å². The van der Waals surface area contributed by atoms with Gasteiger partial charge in [0.2, 0.25) is 5.91 Å². The summed E-state index contributed by atoms with van der Waals surface area (Å²) in [5, 5.41) is 5.75. The Kier molecular flexibility index (Phi) is 5.81. The second-order valence-electron chi connectivity index (χ2n) is 7.16. The molecule has 2 amide bonds. The van der Waals surface area contributed by atoms with Crippen molar-refractivity contribution >= 4 is 33.4 Å². The van der Waals surface area contributed by atoms with Gasteiger partial charge in [-0.3, -0.25) is 9.59 Å². The number of anilines is 1. The van der Waals surface area contributed by atoms with Crippen molar-refractivity contribution in [3.63, 3.8) is 0 Å². The van der Waals surface area contributed by atoms with Crippen LogP contribution in [0.1, 0.15) is 39.2 Å². The third-order valence-corrected chi connectivity index (χ3v) is 5.45. The Morgan fingerprint density at radius 3 is 2.45 bits per heavy atom. The maximum atomic E-state index is 12.3. The highest BCUT2D eigenvalue weighted by molar-refractivity contribution is 9.10. The van der Waals surface area contributed by atoms with E-state index in [1.807, 2.05) is 12.1 Å². The van der Waals surface area contributed by atoms with Crippen LogP contribution in [0.15, 0.2) is 63.7 Å². The van der Waals surface area contributed by atoms with Crippen LogP contribution in [0.3, 0.4) is 0 Å². The predicted molar refractivity (Wildman–Crippen MR) is 115 cm³/mol. The number of hydrogen-bond donors (Lipinski definition) is 2. The molecule has 0 radical (unpaired) electrons. The highest BCUT2D eigenvalue weighted by atomic mass is 79.9. The first-order valence-corrected chi connectivity index (χ1v) is 10.4. The lowest BCUT2D eigenvalue weighted by molar-refractivity contribution is -0.120. The minimum absolute atomic E-state index is 0.0253. The van der Waals surface area contributed by atoms with Crippen LogP contribution in [0.2, 0.25) is 0 Å². The quantitative estimate of drug-likeness (QED) is 0.571. The van der Waals surface area contributed by atoms with Gasteiger partial charge in [-0.25, -0.2) is 0 Å². The predicted octanol–water partition coefficient (Wildman–Crippen LogP) is 4.64. The number of halogens is 1. The number of carbonyl (C=O) groups excluding carboxylic acids is 2. The smallest absolute Gasteiger partial charge is 0.291 e. The van der Waals surface area contributed by atoms with E-state index >= 15 is 0 Å². The van der Waals surface area contributed by atoms with Gasteiger partial charge in [-0.15, -0.1) is 0 Å². The van der Waals surface area contributed by atoms with Gasteiger partial charge in [0.25, 0.3) is 5.91 Å². The molecule has 1 aliphatic rings. The van der Waals surface area contributed by atoms with Crippen molar-refractivity contribution in [2.75, 3.05) is 5.32 Å². The van der Waals surface area contributed by atoms with Crippen LogP contribution in [0.25, 0.3) is 0 Å². The molecule has 0 atom stereocenters. The molecule has 0 bridgehead atoms. The number of furan rings is 1. The van der Waals surface area contributed by atoms with E-state index in [9.17, 15) is 9.59 Å². The van der Waals surface area contributed by atoms with Crippen molar-refractivity contribution < 1.29 is 14.0 Å². The number of nitrogens with one attached hydrogen (secondary N) is 2. The molecule has 29 heavy (non-hydrogen) atoms. The molecule has 0 aliphatic heterocycles. The number of aryl methyl sites for hydroxylation is 2. The molecule has 0 unspecified atom stereocenters.